The highest BCUT2D eigenvalue weighted by Gasteiger charge is 2.35. The van der Waals surface area contributed by atoms with E-state index in [1.54, 1.807) is 7.05 Å². The van der Waals surface area contributed by atoms with Crippen molar-refractivity contribution in [3.05, 3.63) is 23.8 Å². The number of anilines is 2. The van der Waals surface area contributed by atoms with E-state index in [0.717, 1.165) is 5.69 Å². The molecule has 1 aromatic rings. The van der Waals surface area contributed by atoms with Gasteiger partial charge in [-0.1, -0.05) is 13.8 Å². The molecular formula is C24H36N6O4. The number of carbonyl (C=O) groups excluding carboxylic acids is 3. The third-order valence-corrected chi connectivity index (χ3v) is 6.03. The van der Waals surface area contributed by atoms with Gasteiger partial charge in [0.1, 0.15) is 11.4 Å². The zero-order valence-corrected chi connectivity index (χ0v) is 20.9. The van der Waals surface area contributed by atoms with Gasteiger partial charge in [0, 0.05) is 56.6 Å². The molecule has 2 heterocycles. The predicted octanol–water partition coefficient (Wildman–Crippen LogP) is 3.08. The Morgan fingerprint density at radius 1 is 1.21 bits per heavy atom. The number of amidine groups is 1. The highest BCUT2D eigenvalue weighted by atomic mass is 16.6. The largest absolute Gasteiger partial charge is 0.444 e. The fourth-order valence-corrected chi connectivity index (χ4v) is 4.23. The predicted molar refractivity (Wildman–Crippen MR) is 131 cm³/mol. The topological polar surface area (TPSA) is 118 Å². The van der Waals surface area contributed by atoms with E-state index in [1.165, 1.54) is 4.90 Å². The molecule has 2 aliphatic heterocycles. The van der Waals surface area contributed by atoms with Crippen LogP contribution in [0.15, 0.2) is 18.2 Å². The Balaban J connectivity index is 1.79. The van der Waals surface area contributed by atoms with Crippen molar-refractivity contribution < 1.29 is 19.1 Å². The van der Waals surface area contributed by atoms with Crippen molar-refractivity contribution in [1.29, 1.82) is 5.41 Å². The molecule has 0 aromatic heterocycles. The van der Waals surface area contributed by atoms with Crippen LogP contribution in [0.1, 0.15) is 46.6 Å². The summed E-state index contributed by atoms with van der Waals surface area (Å²) in [4.78, 5) is 41.7. The van der Waals surface area contributed by atoms with Crippen molar-refractivity contribution in [3.63, 3.8) is 0 Å². The number of nitrogens with zero attached hydrogens (tertiary/aromatic N) is 3. The Labute approximate surface area is 201 Å². The number of benzene rings is 1. The lowest BCUT2D eigenvalue weighted by molar-refractivity contribution is -0.121. The van der Waals surface area contributed by atoms with Gasteiger partial charge >= 0.3 is 12.1 Å². The highest BCUT2D eigenvalue weighted by Crippen LogP contribution is 2.29. The second kappa shape index (κ2) is 9.90. The molecule has 2 aliphatic rings. The number of ether oxygens (including phenoxy) is 1. The van der Waals surface area contributed by atoms with Gasteiger partial charge in [-0.15, -0.1) is 0 Å². The Morgan fingerprint density at radius 2 is 1.91 bits per heavy atom. The molecule has 1 atom stereocenters. The van der Waals surface area contributed by atoms with Gasteiger partial charge in [0.05, 0.1) is 6.04 Å². The summed E-state index contributed by atoms with van der Waals surface area (Å²) in [6.45, 7) is 11.8. The van der Waals surface area contributed by atoms with Crippen molar-refractivity contribution in [1.82, 2.24) is 15.1 Å². The number of hydrogen-bond donors (Lipinski definition) is 3. The van der Waals surface area contributed by atoms with Crippen LogP contribution in [-0.4, -0.2) is 78.5 Å². The molecule has 2 fully saturated rings. The average molecular weight is 473 g/mol. The molecule has 186 valence electrons. The third kappa shape index (κ3) is 5.60. The van der Waals surface area contributed by atoms with Gasteiger partial charge < -0.3 is 19.9 Å². The average Bonchev–Trinajstić information content (AvgIpc) is 2.76. The molecule has 0 aliphatic carbocycles. The van der Waals surface area contributed by atoms with Gasteiger partial charge in [-0.05, 0) is 44.9 Å². The van der Waals surface area contributed by atoms with Gasteiger partial charge in [-0.25, -0.2) is 9.59 Å². The summed E-state index contributed by atoms with van der Waals surface area (Å²) < 4.78 is 5.63. The van der Waals surface area contributed by atoms with Crippen molar-refractivity contribution in [2.75, 3.05) is 43.4 Å². The summed E-state index contributed by atoms with van der Waals surface area (Å²) in [5, 5.41) is 13.9. The normalized spacial score (nSPS) is 19.3. The van der Waals surface area contributed by atoms with E-state index >= 15 is 0 Å². The van der Waals surface area contributed by atoms with Crippen molar-refractivity contribution in [2.24, 2.45) is 5.92 Å². The minimum absolute atomic E-state index is 0.00538. The van der Waals surface area contributed by atoms with Gasteiger partial charge in [-0.2, -0.15) is 0 Å². The lowest BCUT2D eigenvalue weighted by Gasteiger charge is -2.44. The molecule has 10 heteroatoms. The van der Waals surface area contributed by atoms with Crippen LogP contribution in [0.3, 0.4) is 0 Å². The maximum absolute atomic E-state index is 12.8. The second-order valence-electron chi connectivity index (χ2n) is 10.0. The van der Waals surface area contributed by atoms with Gasteiger partial charge in [0.15, 0.2) is 0 Å². The molecular weight excluding hydrogens is 436 g/mol. The molecule has 0 unspecified atom stereocenters. The van der Waals surface area contributed by atoms with Crippen LogP contribution in [0.2, 0.25) is 0 Å². The second-order valence-corrected chi connectivity index (χ2v) is 10.0. The molecule has 3 N–H and O–H groups in total. The summed E-state index contributed by atoms with van der Waals surface area (Å²) in [5.41, 5.74) is 1.70. The van der Waals surface area contributed by atoms with Crippen molar-refractivity contribution in [2.45, 2.75) is 52.7 Å². The highest BCUT2D eigenvalue weighted by molar-refractivity contribution is 6.12. The van der Waals surface area contributed by atoms with Gasteiger partial charge in [0.25, 0.3) is 0 Å². The fourth-order valence-electron chi connectivity index (χ4n) is 4.23. The fraction of sp³-hybridized carbons (Fsp3) is 0.583. The summed E-state index contributed by atoms with van der Waals surface area (Å²) in [7, 11) is 1.77. The molecule has 4 amide bonds. The van der Waals surface area contributed by atoms with Gasteiger partial charge in [0.2, 0.25) is 5.91 Å². The van der Waals surface area contributed by atoms with Crippen LogP contribution in [0, 0.1) is 11.3 Å². The van der Waals surface area contributed by atoms with E-state index in [-0.39, 0.29) is 42.8 Å². The first-order valence-corrected chi connectivity index (χ1v) is 11.7. The summed E-state index contributed by atoms with van der Waals surface area (Å²) in [6.07, 6.45) is -0.122. The first-order chi connectivity index (χ1) is 15.9. The van der Waals surface area contributed by atoms with E-state index in [9.17, 15) is 14.4 Å². The number of nitrogens with one attached hydrogen (secondary N) is 3. The number of hydrogen-bond acceptors (Lipinski definition) is 7. The van der Waals surface area contributed by atoms with Gasteiger partial charge in [-0.3, -0.25) is 20.4 Å². The molecule has 3 rings (SSSR count). The summed E-state index contributed by atoms with van der Waals surface area (Å²) in [5.74, 6) is -0.0500. The van der Waals surface area contributed by atoms with Crippen molar-refractivity contribution in [3.8, 4) is 0 Å². The zero-order chi connectivity index (χ0) is 25.2. The molecule has 0 radical (unpaired) electrons. The Kier molecular flexibility index (Phi) is 7.38. The quantitative estimate of drug-likeness (QED) is 0.458. The monoisotopic (exact) mass is 472 g/mol. The molecule has 2 saturated heterocycles. The summed E-state index contributed by atoms with van der Waals surface area (Å²) >= 11 is 0. The Morgan fingerprint density at radius 3 is 2.50 bits per heavy atom. The zero-order valence-electron chi connectivity index (χ0n) is 20.9. The number of piperazine rings is 1. The van der Waals surface area contributed by atoms with E-state index in [1.807, 2.05) is 43.9 Å². The van der Waals surface area contributed by atoms with Crippen LogP contribution in [0.4, 0.5) is 21.0 Å². The number of imide groups is 1. The molecule has 34 heavy (non-hydrogen) atoms. The molecule has 0 saturated carbocycles. The van der Waals surface area contributed by atoms with Crippen LogP contribution in [0.25, 0.3) is 0 Å². The van der Waals surface area contributed by atoms with Crippen LogP contribution in [0.5, 0.6) is 0 Å². The van der Waals surface area contributed by atoms with E-state index in [0.29, 0.717) is 30.9 Å². The number of amides is 4. The third-order valence-electron chi connectivity index (χ3n) is 6.03. The molecule has 10 nitrogen and oxygen atoms in total. The number of rotatable bonds is 4. The molecule has 0 spiro atoms. The SMILES string of the molecule is CNc1cc(N2CCN(C(=O)OC(C)(C)C)[C@H](C(C)C)C2)ccc1C(=N)N1CCC(=O)NC1=O. The maximum atomic E-state index is 12.8. The minimum Gasteiger partial charge on any atom is -0.444 e. The maximum Gasteiger partial charge on any atom is 0.410 e. The number of urea groups is 1. The first kappa shape index (κ1) is 25.3. The minimum atomic E-state index is -0.578. The lowest BCUT2D eigenvalue weighted by atomic mass is 9.99. The standard InChI is InChI=1S/C24H36N6O4/c1-15(2)19-14-28(11-12-29(19)23(33)34-24(3,4)5)16-7-8-17(18(13-16)26-6)21(25)30-10-9-20(31)27-22(30)32/h7-8,13,15,19,25-26H,9-12,14H2,1-6H3,(H,27,31,32)/t19-/m0/s1. The molecule has 1 aromatic carbocycles. The van der Waals surface area contributed by atoms with E-state index in [4.69, 9.17) is 10.1 Å². The van der Waals surface area contributed by atoms with E-state index < -0.39 is 11.6 Å². The Bertz CT molecular complexity index is 971. The Hall–Kier alpha value is -3.30. The smallest absolute Gasteiger partial charge is 0.410 e. The summed E-state index contributed by atoms with van der Waals surface area (Å²) in [6, 6.07) is 5.12. The first-order valence-electron chi connectivity index (χ1n) is 11.7. The molecule has 0 bridgehead atoms. The van der Waals surface area contributed by atoms with Crippen LogP contribution in [-0.2, 0) is 9.53 Å². The van der Waals surface area contributed by atoms with Crippen LogP contribution >= 0.6 is 0 Å². The van der Waals surface area contributed by atoms with Crippen molar-refractivity contribution >= 4 is 35.2 Å². The lowest BCUT2D eigenvalue weighted by Crippen LogP contribution is -2.58. The van der Waals surface area contributed by atoms with E-state index in [2.05, 4.69) is 29.4 Å². The number of carbonyl (C=O) groups is 3. The van der Waals surface area contributed by atoms with Crippen LogP contribution < -0.4 is 15.5 Å².